The van der Waals surface area contributed by atoms with Crippen LogP contribution in [0.3, 0.4) is 0 Å². The van der Waals surface area contributed by atoms with Crippen LogP contribution < -0.4 is 5.32 Å². The number of nitrogens with one attached hydrogen (secondary N) is 1. The maximum Gasteiger partial charge on any atom is 0.333 e. The van der Waals surface area contributed by atoms with Gasteiger partial charge in [-0.2, -0.15) is 5.01 Å². The van der Waals surface area contributed by atoms with Gasteiger partial charge in [-0.05, 0) is 51.7 Å². The number of nitrogens with zero attached hydrogens (tertiary/aromatic N) is 4. The number of piperazine rings is 1. The van der Waals surface area contributed by atoms with Crippen molar-refractivity contribution < 1.29 is 29.0 Å². The van der Waals surface area contributed by atoms with Crippen molar-refractivity contribution >= 4 is 28.6 Å². The molecule has 4 aromatic carbocycles. The summed E-state index contributed by atoms with van der Waals surface area (Å²) >= 11 is 0. The molecule has 2 aliphatic heterocycles. The van der Waals surface area contributed by atoms with Crippen LogP contribution in [-0.4, -0.2) is 79.7 Å². The smallest absolute Gasteiger partial charge is 0.333 e. The largest absolute Gasteiger partial charge is 0.504 e. The first-order chi connectivity index (χ1) is 22.2. The van der Waals surface area contributed by atoms with Crippen molar-refractivity contribution in [2.75, 3.05) is 19.6 Å². The monoisotopic (exact) mass is 621 g/mol. The van der Waals surface area contributed by atoms with Gasteiger partial charge in [0.15, 0.2) is 11.5 Å². The summed E-state index contributed by atoms with van der Waals surface area (Å²) in [4.78, 5) is 44.5. The van der Waals surface area contributed by atoms with Crippen molar-refractivity contribution in [1.29, 1.82) is 0 Å². The topological polar surface area (TPSA) is 117 Å². The summed E-state index contributed by atoms with van der Waals surface area (Å²) in [5.41, 5.74) is 2.15. The van der Waals surface area contributed by atoms with E-state index >= 15 is 0 Å². The number of urea groups is 1. The number of hydrogen-bond donors (Lipinski definition) is 3. The summed E-state index contributed by atoms with van der Waals surface area (Å²) in [5, 5.41) is 27.7. The normalized spacial score (nSPS) is 18.0. The van der Waals surface area contributed by atoms with Crippen LogP contribution in [0.4, 0.5) is 9.18 Å². The Balaban J connectivity index is 1.32. The van der Waals surface area contributed by atoms with Crippen LogP contribution in [0.25, 0.3) is 10.8 Å². The number of fused-ring (bicyclic) bond motifs is 2. The molecule has 0 unspecified atom stereocenters. The number of carbonyl (C=O) groups is 3. The molecule has 10 nitrogen and oxygen atoms in total. The van der Waals surface area contributed by atoms with Crippen LogP contribution >= 0.6 is 0 Å². The lowest BCUT2D eigenvalue weighted by atomic mass is 9.98. The van der Waals surface area contributed by atoms with Crippen molar-refractivity contribution in [3.05, 3.63) is 107 Å². The fourth-order valence-corrected chi connectivity index (χ4v) is 6.18. The van der Waals surface area contributed by atoms with E-state index in [2.05, 4.69) is 11.2 Å². The third kappa shape index (κ3) is 6.03. The molecule has 0 radical (unpaired) electrons. The van der Waals surface area contributed by atoms with Gasteiger partial charge in [0.2, 0.25) is 11.8 Å². The molecular formula is C35H32FN5O5. The second-order valence-corrected chi connectivity index (χ2v) is 11.3. The van der Waals surface area contributed by atoms with Gasteiger partial charge < -0.3 is 25.3 Å². The number of carbonyl (C=O) groups excluding carboxylic acids is 3. The molecule has 0 aromatic heterocycles. The first kappa shape index (κ1) is 30.4. The van der Waals surface area contributed by atoms with E-state index in [1.165, 1.54) is 34.2 Å². The Morgan fingerprint density at radius 3 is 2.48 bits per heavy atom. The van der Waals surface area contributed by atoms with Crippen molar-refractivity contribution in [2.45, 2.75) is 31.7 Å². The quantitative estimate of drug-likeness (QED) is 0.205. The van der Waals surface area contributed by atoms with E-state index in [9.17, 15) is 29.0 Å². The van der Waals surface area contributed by atoms with E-state index in [4.69, 9.17) is 6.42 Å². The van der Waals surface area contributed by atoms with Crippen LogP contribution in [0, 0.1) is 18.2 Å². The van der Waals surface area contributed by atoms with Crippen molar-refractivity contribution in [2.24, 2.45) is 0 Å². The van der Waals surface area contributed by atoms with Gasteiger partial charge >= 0.3 is 6.03 Å². The van der Waals surface area contributed by atoms with Crippen LogP contribution in [0.5, 0.6) is 11.5 Å². The number of amides is 4. The summed E-state index contributed by atoms with van der Waals surface area (Å²) in [7, 11) is 0. The summed E-state index contributed by atoms with van der Waals surface area (Å²) in [5.74, 6) is 0.833. The Morgan fingerprint density at radius 1 is 0.978 bits per heavy atom. The number of benzene rings is 4. The van der Waals surface area contributed by atoms with E-state index < -0.39 is 24.1 Å². The first-order valence-electron chi connectivity index (χ1n) is 14.8. The number of aromatic hydroxyl groups is 2. The Bertz CT molecular complexity index is 1840. The second kappa shape index (κ2) is 12.8. The standard InChI is InChI=1S/C35H32FN5O5/c1-2-16-39(35(46)37-19-23-10-13-27(36)14-11-23)40-22-33(44)41-29(17-24-12-15-30(42)31(43)18-24)34(45)38(21-32(40)41)20-26-8-5-7-25-6-3-4-9-28(25)26/h1,3-15,18,29,32,42-43H,16-17,19-22H2,(H,37,46)/t29-,32+/m0/s1. The predicted octanol–water partition coefficient (Wildman–Crippen LogP) is 3.57. The molecule has 2 heterocycles. The third-order valence-corrected chi connectivity index (χ3v) is 8.42. The summed E-state index contributed by atoms with van der Waals surface area (Å²) in [6, 6.07) is 22.3. The highest BCUT2D eigenvalue weighted by atomic mass is 19.1. The van der Waals surface area contributed by atoms with E-state index in [1.807, 2.05) is 42.5 Å². The average Bonchev–Trinajstić information content (AvgIpc) is 3.38. The highest BCUT2D eigenvalue weighted by Gasteiger charge is 2.52. The number of halogens is 1. The minimum atomic E-state index is -0.954. The molecule has 4 aromatic rings. The fraction of sp³-hybridized carbons (Fsp3) is 0.229. The van der Waals surface area contributed by atoms with Gasteiger partial charge in [0, 0.05) is 19.5 Å². The maximum atomic E-state index is 14.2. The highest BCUT2D eigenvalue weighted by Crippen LogP contribution is 2.33. The summed E-state index contributed by atoms with van der Waals surface area (Å²) in [6.45, 7) is 0.145. The van der Waals surface area contributed by atoms with Crippen LogP contribution in [0.1, 0.15) is 16.7 Å². The minimum absolute atomic E-state index is 0.0701. The molecule has 11 heteroatoms. The number of hydrazine groups is 1. The van der Waals surface area contributed by atoms with Crippen molar-refractivity contribution in [3.63, 3.8) is 0 Å². The second-order valence-electron chi connectivity index (χ2n) is 11.3. The number of hydrogen-bond acceptors (Lipinski definition) is 6. The maximum absolute atomic E-state index is 14.2. The minimum Gasteiger partial charge on any atom is -0.504 e. The molecule has 2 saturated heterocycles. The molecule has 3 N–H and O–H groups in total. The van der Waals surface area contributed by atoms with Gasteiger partial charge in [-0.15, -0.1) is 6.42 Å². The predicted molar refractivity (Wildman–Crippen MR) is 168 cm³/mol. The summed E-state index contributed by atoms with van der Waals surface area (Å²) in [6.07, 6.45) is 5.02. The van der Waals surface area contributed by atoms with E-state index in [1.54, 1.807) is 28.1 Å². The van der Waals surface area contributed by atoms with Crippen molar-refractivity contribution in [1.82, 2.24) is 25.1 Å². The molecule has 0 saturated carbocycles. The van der Waals surface area contributed by atoms with Gasteiger partial charge in [0.25, 0.3) is 0 Å². The van der Waals surface area contributed by atoms with Crippen LogP contribution in [-0.2, 0) is 29.1 Å². The third-order valence-electron chi connectivity index (χ3n) is 8.42. The van der Waals surface area contributed by atoms with Crippen molar-refractivity contribution in [3.8, 4) is 23.8 Å². The van der Waals surface area contributed by atoms with E-state index in [-0.39, 0.29) is 62.5 Å². The SMILES string of the molecule is C#CCN(C(=O)NCc1ccc(F)cc1)N1CC(=O)N2[C@@H](Cc3ccc(O)c(O)c3)C(=O)N(Cc3cccc4ccccc34)C[C@@H]21. The molecular weight excluding hydrogens is 589 g/mol. The van der Waals surface area contributed by atoms with Gasteiger partial charge in [0.05, 0.1) is 19.6 Å². The molecule has 2 atom stereocenters. The Kier molecular flexibility index (Phi) is 8.46. The number of rotatable bonds is 8. The zero-order valence-electron chi connectivity index (χ0n) is 24.8. The zero-order chi connectivity index (χ0) is 32.4. The van der Waals surface area contributed by atoms with Crippen LogP contribution in [0.2, 0.25) is 0 Å². The number of phenolic OH excluding ortho intramolecular Hbond substituents is 2. The Hall–Kier alpha value is -5.60. The lowest BCUT2D eigenvalue weighted by Gasteiger charge is -2.46. The van der Waals surface area contributed by atoms with Gasteiger partial charge in [0.1, 0.15) is 18.0 Å². The van der Waals surface area contributed by atoms with Crippen LogP contribution in [0.15, 0.2) is 84.9 Å². The molecule has 0 bridgehead atoms. The highest BCUT2D eigenvalue weighted by molar-refractivity contribution is 5.92. The van der Waals surface area contributed by atoms with Gasteiger partial charge in [-0.1, -0.05) is 66.6 Å². The van der Waals surface area contributed by atoms with Gasteiger partial charge in [-0.25, -0.2) is 14.2 Å². The molecule has 2 fully saturated rings. The Morgan fingerprint density at radius 2 is 1.72 bits per heavy atom. The lowest BCUT2D eigenvalue weighted by molar-refractivity contribution is -0.157. The molecule has 234 valence electrons. The fourth-order valence-electron chi connectivity index (χ4n) is 6.18. The number of terminal acetylenes is 1. The lowest BCUT2D eigenvalue weighted by Crippen LogP contribution is -2.66. The summed E-state index contributed by atoms with van der Waals surface area (Å²) < 4.78 is 13.4. The first-order valence-corrected chi connectivity index (χ1v) is 14.8. The molecule has 46 heavy (non-hydrogen) atoms. The zero-order valence-corrected chi connectivity index (χ0v) is 24.8. The number of phenols is 2. The van der Waals surface area contributed by atoms with Gasteiger partial charge in [-0.3, -0.25) is 9.59 Å². The van der Waals surface area contributed by atoms with E-state index in [0.29, 0.717) is 11.1 Å². The average molecular weight is 622 g/mol. The van der Waals surface area contributed by atoms with E-state index in [0.717, 1.165) is 16.3 Å². The molecule has 0 spiro atoms. The molecule has 6 rings (SSSR count). The molecule has 4 amide bonds. The Labute approximate surface area is 265 Å². The molecule has 2 aliphatic rings. The molecule has 0 aliphatic carbocycles.